The third kappa shape index (κ3) is 4.47. The minimum Gasteiger partial charge on any atom is -0.467 e. The van der Waals surface area contributed by atoms with E-state index in [-0.39, 0.29) is 6.61 Å². The van der Waals surface area contributed by atoms with Gasteiger partial charge in [-0.15, -0.1) is 10.2 Å². The molecular formula is C10H12N2O3S2. The van der Waals surface area contributed by atoms with Crippen LogP contribution in [0.5, 0.6) is 0 Å². The molecule has 2 aromatic heterocycles. The van der Waals surface area contributed by atoms with Crippen LogP contribution in [0.4, 0.5) is 0 Å². The van der Waals surface area contributed by atoms with Crippen molar-refractivity contribution in [1.29, 1.82) is 0 Å². The Morgan fingerprint density at radius 1 is 1.59 bits per heavy atom. The van der Waals surface area contributed by atoms with Crippen molar-refractivity contribution in [3.8, 4) is 0 Å². The van der Waals surface area contributed by atoms with Crippen LogP contribution in [0.3, 0.4) is 0 Å². The molecule has 1 unspecified atom stereocenters. The zero-order valence-corrected chi connectivity index (χ0v) is 10.6. The summed E-state index contributed by atoms with van der Waals surface area (Å²) in [6, 6.07) is 3.64. The van der Waals surface area contributed by atoms with E-state index in [0.717, 1.165) is 10.1 Å². The monoisotopic (exact) mass is 272 g/mol. The van der Waals surface area contributed by atoms with Gasteiger partial charge in [0.2, 0.25) is 0 Å². The molecule has 0 aliphatic carbocycles. The Bertz CT molecular complexity index is 405. The number of thioether (sulfide) groups is 1. The van der Waals surface area contributed by atoms with Crippen LogP contribution in [0.25, 0.3) is 0 Å². The number of aromatic nitrogens is 2. The fourth-order valence-electron chi connectivity index (χ4n) is 1.13. The van der Waals surface area contributed by atoms with E-state index in [2.05, 4.69) is 10.2 Å². The van der Waals surface area contributed by atoms with Crippen LogP contribution in [-0.4, -0.2) is 33.8 Å². The largest absolute Gasteiger partial charge is 0.467 e. The highest BCUT2D eigenvalue weighted by atomic mass is 32.2. The number of aliphatic hydroxyl groups is 1. The molecule has 17 heavy (non-hydrogen) atoms. The molecule has 2 aromatic rings. The summed E-state index contributed by atoms with van der Waals surface area (Å²) in [6.45, 7) is 0.667. The van der Waals surface area contributed by atoms with Gasteiger partial charge in [0.05, 0.1) is 19.0 Å². The summed E-state index contributed by atoms with van der Waals surface area (Å²) in [5, 5.41) is 17.2. The van der Waals surface area contributed by atoms with Gasteiger partial charge in [0.25, 0.3) is 0 Å². The van der Waals surface area contributed by atoms with Crippen molar-refractivity contribution in [3.63, 3.8) is 0 Å². The van der Waals surface area contributed by atoms with Crippen LogP contribution in [0, 0.1) is 0 Å². The summed E-state index contributed by atoms with van der Waals surface area (Å²) in [7, 11) is 0. The number of aliphatic hydroxyl groups excluding tert-OH is 1. The van der Waals surface area contributed by atoms with Gasteiger partial charge in [0.1, 0.15) is 17.9 Å². The lowest BCUT2D eigenvalue weighted by atomic mass is 10.4. The smallest absolute Gasteiger partial charge is 0.174 e. The SMILES string of the molecule is OC(COCc1ccco1)CSc1nncs1. The van der Waals surface area contributed by atoms with E-state index in [9.17, 15) is 5.11 Å². The lowest BCUT2D eigenvalue weighted by Gasteiger charge is -2.08. The van der Waals surface area contributed by atoms with Gasteiger partial charge in [-0.1, -0.05) is 23.1 Å². The zero-order valence-electron chi connectivity index (χ0n) is 8.98. The Balaban J connectivity index is 1.59. The van der Waals surface area contributed by atoms with Crippen molar-refractivity contribution in [2.24, 2.45) is 0 Å². The van der Waals surface area contributed by atoms with Gasteiger partial charge in [-0.25, -0.2) is 0 Å². The first-order valence-corrected chi connectivity index (χ1v) is 6.88. The van der Waals surface area contributed by atoms with Gasteiger partial charge in [0.15, 0.2) is 4.34 Å². The number of hydrogen-bond acceptors (Lipinski definition) is 7. The number of hydrogen-bond donors (Lipinski definition) is 1. The number of ether oxygens (including phenoxy) is 1. The summed E-state index contributed by atoms with van der Waals surface area (Å²) in [5.74, 6) is 1.31. The first kappa shape index (κ1) is 12.6. The third-order valence-electron chi connectivity index (χ3n) is 1.87. The molecule has 0 aliphatic rings. The van der Waals surface area contributed by atoms with E-state index in [1.165, 1.54) is 23.1 Å². The van der Waals surface area contributed by atoms with Crippen LogP contribution in [0.1, 0.15) is 5.76 Å². The van der Waals surface area contributed by atoms with Crippen LogP contribution >= 0.6 is 23.1 Å². The molecule has 0 fully saturated rings. The predicted octanol–water partition coefficient (Wildman–Crippen LogP) is 1.80. The summed E-state index contributed by atoms with van der Waals surface area (Å²) in [4.78, 5) is 0. The fraction of sp³-hybridized carbons (Fsp3) is 0.400. The Morgan fingerprint density at radius 3 is 3.24 bits per heavy atom. The number of nitrogens with zero attached hydrogens (tertiary/aromatic N) is 2. The van der Waals surface area contributed by atoms with E-state index in [4.69, 9.17) is 9.15 Å². The Morgan fingerprint density at radius 2 is 2.53 bits per heavy atom. The molecule has 1 atom stereocenters. The Kier molecular flexibility index (Phi) is 4.99. The molecule has 92 valence electrons. The second-order valence-electron chi connectivity index (χ2n) is 3.26. The average Bonchev–Trinajstić information content (AvgIpc) is 2.99. The first-order chi connectivity index (χ1) is 8.34. The van der Waals surface area contributed by atoms with Crippen molar-refractivity contribution in [3.05, 3.63) is 29.7 Å². The maximum atomic E-state index is 9.66. The summed E-state index contributed by atoms with van der Waals surface area (Å²) >= 11 is 2.94. The highest BCUT2D eigenvalue weighted by Gasteiger charge is 2.07. The van der Waals surface area contributed by atoms with E-state index >= 15 is 0 Å². The molecule has 2 rings (SSSR count). The normalized spacial score (nSPS) is 12.8. The topological polar surface area (TPSA) is 68.4 Å². The average molecular weight is 272 g/mol. The number of furan rings is 1. The lowest BCUT2D eigenvalue weighted by Crippen LogP contribution is -2.17. The fourth-order valence-corrected chi connectivity index (χ4v) is 2.55. The Hall–Kier alpha value is -0.890. The van der Waals surface area contributed by atoms with E-state index in [0.29, 0.717) is 12.4 Å². The molecule has 0 spiro atoms. The molecule has 0 saturated carbocycles. The van der Waals surface area contributed by atoms with Crippen LogP contribution < -0.4 is 0 Å². The summed E-state index contributed by atoms with van der Waals surface area (Å²) in [5.41, 5.74) is 1.67. The van der Waals surface area contributed by atoms with Crippen molar-refractivity contribution in [2.75, 3.05) is 12.4 Å². The summed E-state index contributed by atoms with van der Waals surface area (Å²) < 4.78 is 11.3. The minimum absolute atomic E-state index is 0.284. The second-order valence-corrected chi connectivity index (χ2v) is 5.36. The van der Waals surface area contributed by atoms with Crippen molar-refractivity contribution in [1.82, 2.24) is 10.2 Å². The molecule has 0 amide bonds. The lowest BCUT2D eigenvalue weighted by molar-refractivity contribution is 0.0328. The minimum atomic E-state index is -0.515. The molecular weight excluding hydrogens is 260 g/mol. The molecule has 0 bridgehead atoms. The van der Waals surface area contributed by atoms with E-state index in [1.807, 2.05) is 6.07 Å². The maximum Gasteiger partial charge on any atom is 0.174 e. The molecule has 1 N–H and O–H groups in total. The van der Waals surface area contributed by atoms with Gasteiger partial charge >= 0.3 is 0 Å². The molecule has 0 aromatic carbocycles. The standard InChI is InChI=1S/C10H12N2O3S2/c13-8(6-16-10-12-11-7-17-10)4-14-5-9-2-1-3-15-9/h1-3,7-8,13H,4-6H2. The second kappa shape index (κ2) is 6.75. The third-order valence-corrected chi connectivity index (χ3v) is 3.88. The Labute approximate surface area is 107 Å². The van der Waals surface area contributed by atoms with Gasteiger partial charge < -0.3 is 14.3 Å². The maximum absolute atomic E-state index is 9.66. The van der Waals surface area contributed by atoms with Crippen molar-refractivity contribution < 1.29 is 14.3 Å². The molecule has 0 saturated heterocycles. The highest BCUT2D eigenvalue weighted by molar-refractivity contribution is 8.01. The molecule has 7 heteroatoms. The molecule has 0 radical (unpaired) electrons. The van der Waals surface area contributed by atoms with Crippen molar-refractivity contribution >= 4 is 23.1 Å². The van der Waals surface area contributed by atoms with Gasteiger partial charge in [-0.3, -0.25) is 0 Å². The van der Waals surface area contributed by atoms with E-state index in [1.54, 1.807) is 17.8 Å². The van der Waals surface area contributed by atoms with Crippen LogP contribution in [-0.2, 0) is 11.3 Å². The van der Waals surface area contributed by atoms with Crippen molar-refractivity contribution in [2.45, 2.75) is 17.1 Å². The number of rotatable bonds is 7. The van der Waals surface area contributed by atoms with Gasteiger partial charge in [0, 0.05) is 5.75 Å². The molecule has 2 heterocycles. The first-order valence-electron chi connectivity index (χ1n) is 5.02. The highest BCUT2D eigenvalue weighted by Crippen LogP contribution is 2.19. The molecule has 0 aliphatic heterocycles. The van der Waals surface area contributed by atoms with Crippen LogP contribution in [0.2, 0.25) is 0 Å². The molecule has 5 nitrogen and oxygen atoms in total. The predicted molar refractivity (Wildman–Crippen MR) is 65.0 cm³/mol. The van der Waals surface area contributed by atoms with E-state index < -0.39 is 6.10 Å². The van der Waals surface area contributed by atoms with Gasteiger partial charge in [-0.2, -0.15) is 0 Å². The zero-order chi connectivity index (χ0) is 11.9. The van der Waals surface area contributed by atoms with Gasteiger partial charge in [-0.05, 0) is 12.1 Å². The van der Waals surface area contributed by atoms with Crippen LogP contribution in [0.15, 0.2) is 32.7 Å². The quantitative estimate of drug-likeness (QED) is 0.775. The summed E-state index contributed by atoms with van der Waals surface area (Å²) in [6.07, 6.45) is 1.08.